The number of pyridine rings is 1. The third-order valence-electron chi connectivity index (χ3n) is 3.41. The minimum Gasteiger partial charge on any atom is -0.458 e. The number of amides is 1. The van der Waals surface area contributed by atoms with E-state index < -0.39 is 0 Å². The number of nitrogens with zero attached hydrogens (tertiary/aromatic N) is 4. The van der Waals surface area contributed by atoms with Crippen molar-refractivity contribution in [1.29, 1.82) is 0 Å². The summed E-state index contributed by atoms with van der Waals surface area (Å²) in [6.07, 6.45) is 8.29. The molecule has 0 aromatic carbocycles. The minimum atomic E-state index is -0.0630. The third kappa shape index (κ3) is 3.34. The van der Waals surface area contributed by atoms with Crippen LogP contribution in [-0.2, 0) is 0 Å². The summed E-state index contributed by atoms with van der Waals surface area (Å²) in [7, 11) is 0. The third-order valence-corrected chi connectivity index (χ3v) is 3.41. The number of hydrogen-bond donors (Lipinski definition) is 0. The molecular formula is C15H16N4O2. The van der Waals surface area contributed by atoms with Crippen LogP contribution >= 0.6 is 0 Å². The molecule has 0 radical (unpaired) electrons. The zero-order chi connectivity index (χ0) is 14.5. The summed E-state index contributed by atoms with van der Waals surface area (Å²) in [5.74, 6) is 0.0136. The lowest BCUT2D eigenvalue weighted by Crippen LogP contribution is -2.44. The van der Waals surface area contributed by atoms with Crippen molar-refractivity contribution in [2.75, 3.05) is 13.1 Å². The van der Waals surface area contributed by atoms with Crippen LogP contribution in [0.2, 0.25) is 0 Å². The molecule has 2 aromatic heterocycles. The summed E-state index contributed by atoms with van der Waals surface area (Å²) in [5, 5.41) is 0. The van der Waals surface area contributed by atoms with Crippen molar-refractivity contribution in [3.05, 3.63) is 48.5 Å². The molecule has 2 aromatic rings. The Morgan fingerprint density at radius 2 is 1.95 bits per heavy atom. The maximum atomic E-state index is 12.4. The summed E-state index contributed by atoms with van der Waals surface area (Å²) in [4.78, 5) is 26.3. The molecule has 108 valence electrons. The van der Waals surface area contributed by atoms with Crippen molar-refractivity contribution in [2.45, 2.75) is 18.9 Å². The molecule has 1 saturated heterocycles. The number of aromatic nitrogens is 3. The number of carbonyl (C=O) groups excluding carboxylic acids is 1. The Balaban J connectivity index is 1.64. The van der Waals surface area contributed by atoms with Crippen LogP contribution in [-0.4, -0.2) is 45.0 Å². The van der Waals surface area contributed by atoms with Gasteiger partial charge >= 0.3 is 6.01 Å². The second-order valence-electron chi connectivity index (χ2n) is 4.90. The number of ether oxygens (including phenoxy) is 1. The first kappa shape index (κ1) is 13.5. The van der Waals surface area contributed by atoms with Crippen molar-refractivity contribution in [2.24, 2.45) is 0 Å². The van der Waals surface area contributed by atoms with Crippen LogP contribution < -0.4 is 4.74 Å². The molecule has 1 atom stereocenters. The molecule has 1 amide bonds. The van der Waals surface area contributed by atoms with Gasteiger partial charge in [-0.05, 0) is 31.0 Å². The number of likely N-dealkylation sites (tertiary alicyclic amines) is 1. The second kappa shape index (κ2) is 6.30. The van der Waals surface area contributed by atoms with Crippen LogP contribution in [0.3, 0.4) is 0 Å². The summed E-state index contributed by atoms with van der Waals surface area (Å²) >= 11 is 0. The Morgan fingerprint density at radius 3 is 2.71 bits per heavy atom. The van der Waals surface area contributed by atoms with Crippen LogP contribution in [0.4, 0.5) is 0 Å². The predicted octanol–water partition coefficient (Wildman–Crippen LogP) is 1.56. The van der Waals surface area contributed by atoms with Crippen LogP contribution in [0.1, 0.15) is 23.2 Å². The standard InChI is InChI=1S/C15H16N4O2/c20-14(12-4-8-16-9-5-12)19-10-1-3-13(11-19)21-15-17-6-2-7-18-15/h2,4-9,13H,1,3,10-11H2/t13-/m0/s1. The van der Waals surface area contributed by atoms with Crippen molar-refractivity contribution in [1.82, 2.24) is 19.9 Å². The van der Waals surface area contributed by atoms with Gasteiger partial charge in [0.1, 0.15) is 6.10 Å². The van der Waals surface area contributed by atoms with Crippen molar-refractivity contribution >= 4 is 5.91 Å². The van der Waals surface area contributed by atoms with Crippen LogP contribution in [0.5, 0.6) is 6.01 Å². The van der Waals surface area contributed by atoms with Gasteiger partial charge < -0.3 is 9.64 Å². The molecule has 0 aliphatic carbocycles. The fraction of sp³-hybridized carbons (Fsp3) is 0.333. The van der Waals surface area contributed by atoms with Gasteiger partial charge in [-0.3, -0.25) is 9.78 Å². The molecule has 6 heteroatoms. The van der Waals surface area contributed by atoms with Crippen molar-refractivity contribution < 1.29 is 9.53 Å². The van der Waals surface area contributed by atoms with Gasteiger partial charge in [0.25, 0.3) is 5.91 Å². The quantitative estimate of drug-likeness (QED) is 0.855. The lowest BCUT2D eigenvalue weighted by atomic mass is 10.1. The van der Waals surface area contributed by atoms with E-state index in [1.807, 2.05) is 4.90 Å². The average molecular weight is 284 g/mol. The highest BCUT2D eigenvalue weighted by molar-refractivity contribution is 5.94. The van der Waals surface area contributed by atoms with Crippen LogP contribution in [0.15, 0.2) is 43.0 Å². The Kier molecular flexibility index (Phi) is 4.04. The highest BCUT2D eigenvalue weighted by atomic mass is 16.5. The van der Waals surface area contributed by atoms with E-state index in [1.165, 1.54) is 0 Å². The molecule has 1 aliphatic heterocycles. The number of carbonyl (C=O) groups is 1. The number of hydrogen-bond acceptors (Lipinski definition) is 5. The molecule has 0 bridgehead atoms. The Labute approximate surface area is 122 Å². The molecule has 0 N–H and O–H groups in total. The summed E-state index contributed by atoms with van der Waals surface area (Å²) in [5.41, 5.74) is 0.654. The first-order valence-corrected chi connectivity index (χ1v) is 6.96. The normalized spacial score (nSPS) is 18.3. The van der Waals surface area contributed by atoms with Gasteiger partial charge in [-0.2, -0.15) is 0 Å². The smallest absolute Gasteiger partial charge is 0.316 e. The van der Waals surface area contributed by atoms with E-state index >= 15 is 0 Å². The van der Waals surface area contributed by atoms with Crippen molar-refractivity contribution in [3.8, 4) is 6.01 Å². The average Bonchev–Trinajstić information content (AvgIpc) is 2.56. The molecule has 1 aliphatic rings. The summed E-state index contributed by atoms with van der Waals surface area (Å²) < 4.78 is 5.74. The summed E-state index contributed by atoms with van der Waals surface area (Å²) in [6, 6.07) is 5.56. The van der Waals surface area contributed by atoms with Crippen LogP contribution in [0, 0.1) is 0 Å². The molecule has 0 spiro atoms. The maximum absolute atomic E-state index is 12.4. The highest BCUT2D eigenvalue weighted by Crippen LogP contribution is 2.17. The molecule has 0 unspecified atom stereocenters. The topological polar surface area (TPSA) is 68.2 Å². The fourth-order valence-electron chi connectivity index (χ4n) is 2.39. The first-order chi connectivity index (χ1) is 10.3. The Morgan fingerprint density at radius 1 is 1.19 bits per heavy atom. The van der Waals surface area contributed by atoms with E-state index in [9.17, 15) is 4.79 Å². The molecule has 1 fully saturated rings. The van der Waals surface area contributed by atoms with Gasteiger partial charge in [0.15, 0.2) is 0 Å². The minimum absolute atomic E-state index is 0.0136. The largest absolute Gasteiger partial charge is 0.458 e. The second-order valence-corrected chi connectivity index (χ2v) is 4.90. The molecule has 3 rings (SSSR count). The van der Waals surface area contributed by atoms with E-state index in [0.29, 0.717) is 18.1 Å². The van der Waals surface area contributed by atoms with Gasteiger partial charge in [-0.1, -0.05) is 0 Å². The van der Waals surface area contributed by atoms with Gasteiger partial charge in [0, 0.05) is 36.9 Å². The summed E-state index contributed by atoms with van der Waals surface area (Å²) in [6.45, 7) is 1.30. The van der Waals surface area contributed by atoms with E-state index in [0.717, 1.165) is 19.4 Å². The molecule has 6 nitrogen and oxygen atoms in total. The van der Waals surface area contributed by atoms with E-state index in [1.54, 1.807) is 43.0 Å². The predicted molar refractivity (Wildman–Crippen MR) is 75.8 cm³/mol. The Bertz CT molecular complexity index is 591. The van der Waals surface area contributed by atoms with Gasteiger partial charge in [-0.25, -0.2) is 9.97 Å². The molecule has 21 heavy (non-hydrogen) atoms. The van der Waals surface area contributed by atoms with E-state index in [2.05, 4.69) is 15.0 Å². The fourth-order valence-corrected chi connectivity index (χ4v) is 2.39. The van der Waals surface area contributed by atoms with Gasteiger partial charge in [0.05, 0.1) is 6.54 Å². The highest BCUT2D eigenvalue weighted by Gasteiger charge is 2.26. The van der Waals surface area contributed by atoms with Crippen LogP contribution in [0.25, 0.3) is 0 Å². The monoisotopic (exact) mass is 284 g/mol. The SMILES string of the molecule is O=C(c1ccncc1)N1CCC[C@H](Oc2ncccn2)C1. The first-order valence-electron chi connectivity index (χ1n) is 6.96. The Hall–Kier alpha value is -2.50. The van der Waals surface area contributed by atoms with Crippen molar-refractivity contribution in [3.63, 3.8) is 0 Å². The lowest BCUT2D eigenvalue weighted by molar-refractivity contribution is 0.0515. The zero-order valence-corrected chi connectivity index (χ0v) is 11.6. The lowest BCUT2D eigenvalue weighted by Gasteiger charge is -2.32. The molecule has 3 heterocycles. The van der Waals surface area contributed by atoms with E-state index in [-0.39, 0.29) is 12.0 Å². The van der Waals surface area contributed by atoms with Gasteiger partial charge in [0.2, 0.25) is 0 Å². The molecule has 0 saturated carbocycles. The van der Waals surface area contributed by atoms with E-state index in [4.69, 9.17) is 4.74 Å². The number of piperidine rings is 1. The zero-order valence-electron chi connectivity index (χ0n) is 11.6. The molecular weight excluding hydrogens is 268 g/mol. The maximum Gasteiger partial charge on any atom is 0.316 e. The van der Waals surface area contributed by atoms with Gasteiger partial charge in [-0.15, -0.1) is 0 Å². The number of rotatable bonds is 3.